The quantitative estimate of drug-likeness (QED) is 0.825. The summed E-state index contributed by atoms with van der Waals surface area (Å²) in [6.07, 6.45) is 5.37. The molecular formula is C20H25N3O2S. The molecule has 1 saturated carbocycles. The minimum Gasteiger partial charge on any atom is -0.497 e. The number of carbonyl (C=O) groups excluding carboxylic acids is 1. The summed E-state index contributed by atoms with van der Waals surface area (Å²) < 4.78 is 5.19. The number of methoxy groups -OCH3 is 1. The van der Waals surface area contributed by atoms with Crippen molar-refractivity contribution in [2.24, 2.45) is 0 Å². The van der Waals surface area contributed by atoms with Crippen molar-refractivity contribution in [3.63, 3.8) is 0 Å². The van der Waals surface area contributed by atoms with Crippen molar-refractivity contribution in [1.82, 2.24) is 14.8 Å². The maximum Gasteiger partial charge on any atom is 0.273 e. The van der Waals surface area contributed by atoms with Crippen molar-refractivity contribution >= 4 is 17.2 Å². The van der Waals surface area contributed by atoms with Crippen LogP contribution in [0.2, 0.25) is 0 Å². The SMILES string of the molecule is COc1ccc(-c2nc(C(=O)N3CCN(C4CCCC4)CC3)cs2)cc1. The summed E-state index contributed by atoms with van der Waals surface area (Å²) in [5, 5.41) is 2.76. The predicted octanol–water partition coefficient (Wildman–Crippen LogP) is 3.52. The normalized spacial score (nSPS) is 19.0. The Kier molecular flexibility index (Phi) is 5.22. The maximum atomic E-state index is 12.8. The average Bonchev–Trinajstić information content (AvgIpc) is 3.40. The molecule has 0 spiro atoms. The second-order valence-electron chi connectivity index (χ2n) is 7.03. The van der Waals surface area contributed by atoms with E-state index in [2.05, 4.69) is 9.88 Å². The van der Waals surface area contributed by atoms with Gasteiger partial charge in [0.2, 0.25) is 0 Å². The molecule has 0 bridgehead atoms. The Morgan fingerprint density at radius 1 is 1.12 bits per heavy atom. The Bertz CT molecular complexity index is 745. The number of piperazine rings is 1. The molecule has 2 fully saturated rings. The first kappa shape index (κ1) is 17.5. The van der Waals surface area contributed by atoms with Crippen LogP contribution in [0.25, 0.3) is 10.6 Å². The van der Waals surface area contributed by atoms with E-state index in [0.717, 1.165) is 48.5 Å². The van der Waals surface area contributed by atoms with Crippen molar-refractivity contribution in [1.29, 1.82) is 0 Å². The third-order valence-electron chi connectivity index (χ3n) is 5.50. The van der Waals surface area contributed by atoms with Crippen LogP contribution < -0.4 is 4.74 Å². The van der Waals surface area contributed by atoms with E-state index in [4.69, 9.17) is 4.74 Å². The monoisotopic (exact) mass is 371 g/mol. The Morgan fingerprint density at radius 3 is 2.46 bits per heavy atom. The molecular weight excluding hydrogens is 346 g/mol. The van der Waals surface area contributed by atoms with Crippen molar-refractivity contribution in [3.8, 4) is 16.3 Å². The van der Waals surface area contributed by atoms with Gasteiger partial charge in [-0.3, -0.25) is 9.69 Å². The van der Waals surface area contributed by atoms with Crippen molar-refractivity contribution < 1.29 is 9.53 Å². The zero-order valence-corrected chi connectivity index (χ0v) is 16.0. The third-order valence-corrected chi connectivity index (χ3v) is 6.39. The van der Waals surface area contributed by atoms with Crippen LogP contribution in [-0.4, -0.2) is 60.0 Å². The van der Waals surface area contributed by atoms with Crippen LogP contribution in [0.5, 0.6) is 5.75 Å². The van der Waals surface area contributed by atoms with Crippen molar-refractivity contribution in [2.45, 2.75) is 31.7 Å². The van der Waals surface area contributed by atoms with Gasteiger partial charge in [-0.25, -0.2) is 4.98 Å². The molecule has 1 aliphatic carbocycles. The number of hydrogen-bond donors (Lipinski definition) is 0. The molecule has 0 unspecified atom stereocenters. The van der Waals surface area contributed by atoms with E-state index in [9.17, 15) is 4.79 Å². The van der Waals surface area contributed by atoms with E-state index >= 15 is 0 Å². The van der Waals surface area contributed by atoms with Crippen LogP contribution >= 0.6 is 11.3 Å². The van der Waals surface area contributed by atoms with E-state index in [-0.39, 0.29) is 5.91 Å². The van der Waals surface area contributed by atoms with Crippen LogP contribution in [-0.2, 0) is 0 Å². The molecule has 1 aromatic carbocycles. The van der Waals surface area contributed by atoms with Gasteiger partial charge < -0.3 is 9.64 Å². The molecule has 4 rings (SSSR count). The second kappa shape index (κ2) is 7.76. The van der Waals surface area contributed by atoms with E-state index in [1.54, 1.807) is 7.11 Å². The average molecular weight is 372 g/mol. The number of nitrogens with zero attached hydrogens (tertiary/aromatic N) is 3. The summed E-state index contributed by atoms with van der Waals surface area (Å²) in [4.78, 5) is 21.9. The van der Waals surface area contributed by atoms with Gasteiger partial charge in [0, 0.05) is 43.2 Å². The van der Waals surface area contributed by atoms with Crippen molar-refractivity contribution in [3.05, 3.63) is 35.3 Å². The second-order valence-corrected chi connectivity index (χ2v) is 7.89. The van der Waals surface area contributed by atoms with Gasteiger partial charge in [0.05, 0.1) is 7.11 Å². The zero-order valence-electron chi connectivity index (χ0n) is 15.2. The summed E-state index contributed by atoms with van der Waals surface area (Å²) in [5.74, 6) is 0.883. The summed E-state index contributed by atoms with van der Waals surface area (Å²) in [7, 11) is 1.65. The highest BCUT2D eigenvalue weighted by Crippen LogP contribution is 2.27. The summed E-state index contributed by atoms with van der Waals surface area (Å²) in [6.45, 7) is 3.60. The molecule has 5 nitrogen and oxygen atoms in total. The maximum absolute atomic E-state index is 12.8. The molecule has 0 N–H and O–H groups in total. The number of aromatic nitrogens is 1. The molecule has 2 aliphatic rings. The third kappa shape index (κ3) is 3.62. The highest BCUT2D eigenvalue weighted by molar-refractivity contribution is 7.13. The number of benzene rings is 1. The van der Waals surface area contributed by atoms with Gasteiger partial charge in [-0.15, -0.1) is 11.3 Å². The van der Waals surface area contributed by atoms with E-state index in [0.29, 0.717) is 5.69 Å². The predicted molar refractivity (Wildman–Crippen MR) is 104 cm³/mol. The van der Waals surface area contributed by atoms with Crippen LogP contribution in [0.3, 0.4) is 0 Å². The Labute approximate surface area is 158 Å². The van der Waals surface area contributed by atoms with Gasteiger partial charge >= 0.3 is 0 Å². The molecule has 138 valence electrons. The Balaban J connectivity index is 1.38. The van der Waals surface area contributed by atoms with Crippen LogP contribution in [0.1, 0.15) is 36.2 Å². The Hall–Kier alpha value is -1.92. The summed E-state index contributed by atoms with van der Waals surface area (Å²) in [6, 6.07) is 8.53. The van der Waals surface area contributed by atoms with Gasteiger partial charge in [0.25, 0.3) is 5.91 Å². The van der Waals surface area contributed by atoms with Crippen molar-refractivity contribution in [2.75, 3.05) is 33.3 Å². The van der Waals surface area contributed by atoms with Gasteiger partial charge in [-0.2, -0.15) is 0 Å². The lowest BCUT2D eigenvalue weighted by Crippen LogP contribution is -2.51. The fourth-order valence-electron chi connectivity index (χ4n) is 3.96. The number of rotatable bonds is 4. The number of amides is 1. The fourth-order valence-corrected chi connectivity index (χ4v) is 4.76. The number of thiazole rings is 1. The molecule has 26 heavy (non-hydrogen) atoms. The molecule has 1 saturated heterocycles. The van der Waals surface area contributed by atoms with Crippen LogP contribution in [0.4, 0.5) is 0 Å². The van der Waals surface area contributed by atoms with E-state index < -0.39 is 0 Å². The van der Waals surface area contributed by atoms with Gasteiger partial charge in [0.15, 0.2) is 0 Å². The minimum absolute atomic E-state index is 0.0621. The summed E-state index contributed by atoms with van der Waals surface area (Å²) in [5.41, 5.74) is 1.58. The molecule has 0 radical (unpaired) electrons. The number of carbonyl (C=O) groups is 1. The van der Waals surface area contributed by atoms with Crippen LogP contribution in [0, 0.1) is 0 Å². The van der Waals surface area contributed by atoms with Gasteiger partial charge in [-0.05, 0) is 37.1 Å². The van der Waals surface area contributed by atoms with E-state index in [1.165, 1.54) is 37.0 Å². The van der Waals surface area contributed by atoms with Gasteiger partial charge in [0.1, 0.15) is 16.5 Å². The first-order valence-electron chi connectivity index (χ1n) is 9.38. The molecule has 6 heteroatoms. The smallest absolute Gasteiger partial charge is 0.273 e. The highest BCUT2D eigenvalue weighted by atomic mass is 32.1. The topological polar surface area (TPSA) is 45.7 Å². The van der Waals surface area contributed by atoms with Crippen LogP contribution in [0.15, 0.2) is 29.6 Å². The first-order valence-corrected chi connectivity index (χ1v) is 10.3. The fraction of sp³-hybridized carbons (Fsp3) is 0.500. The highest BCUT2D eigenvalue weighted by Gasteiger charge is 2.29. The molecule has 2 aromatic rings. The number of hydrogen-bond acceptors (Lipinski definition) is 5. The minimum atomic E-state index is 0.0621. The lowest BCUT2D eigenvalue weighted by Gasteiger charge is -2.37. The number of ether oxygens (including phenoxy) is 1. The molecule has 0 atom stereocenters. The lowest BCUT2D eigenvalue weighted by atomic mass is 10.2. The standard InChI is InChI=1S/C20H25N3O2S/c1-25-17-8-6-15(7-9-17)19-21-18(14-26-19)20(24)23-12-10-22(11-13-23)16-4-2-3-5-16/h6-9,14,16H,2-5,10-13H2,1H3. The molecule has 1 aromatic heterocycles. The van der Waals surface area contributed by atoms with E-state index in [1.807, 2.05) is 34.5 Å². The Morgan fingerprint density at radius 2 is 1.81 bits per heavy atom. The molecule has 2 heterocycles. The summed E-state index contributed by atoms with van der Waals surface area (Å²) >= 11 is 1.52. The largest absolute Gasteiger partial charge is 0.497 e. The van der Waals surface area contributed by atoms with Gasteiger partial charge in [-0.1, -0.05) is 12.8 Å². The molecule has 1 aliphatic heterocycles. The lowest BCUT2D eigenvalue weighted by molar-refractivity contribution is 0.0569. The molecule has 1 amide bonds. The first-order chi connectivity index (χ1) is 12.7. The zero-order chi connectivity index (χ0) is 17.9.